The summed E-state index contributed by atoms with van der Waals surface area (Å²) in [7, 11) is 1.38. The fraction of sp³-hybridized carbons (Fsp3) is 0.357. The zero-order valence-corrected chi connectivity index (χ0v) is 10.6. The van der Waals surface area contributed by atoms with Gasteiger partial charge in [0.1, 0.15) is 5.75 Å². The smallest absolute Gasteiger partial charge is 0.308 e. The highest BCUT2D eigenvalue weighted by atomic mass is 16.5. The van der Waals surface area contributed by atoms with E-state index < -0.39 is 0 Å². The number of hydrogen-bond acceptors (Lipinski definition) is 3. The lowest BCUT2D eigenvalue weighted by molar-refractivity contribution is -0.144. The van der Waals surface area contributed by atoms with Crippen molar-refractivity contribution in [1.29, 1.82) is 0 Å². The summed E-state index contributed by atoms with van der Waals surface area (Å²) in [5, 5.41) is 9.05. The van der Waals surface area contributed by atoms with E-state index >= 15 is 0 Å². The molecule has 94 valence electrons. The minimum Gasteiger partial charge on any atom is -0.508 e. The van der Waals surface area contributed by atoms with Crippen LogP contribution in [0.2, 0.25) is 0 Å². The number of phenols is 1. The predicted molar refractivity (Wildman–Crippen MR) is 68.9 cm³/mol. The van der Waals surface area contributed by atoms with E-state index in [1.54, 1.807) is 30.3 Å². The Kier molecular flexibility index (Phi) is 7.52. The number of ether oxygens (including phenoxy) is 1. The second-order valence-corrected chi connectivity index (χ2v) is 3.70. The fourth-order valence-electron chi connectivity index (χ4n) is 1.27. The lowest BCUT2D eigenvalue weighted by Crippen LogP contribution is -2.14. The van der Waals surface area contributed by atoms with Gasteiger partial charge in [-0.05, 0) is 31.0 Å². The monoisotopic (exact) mass is 236 g/mol. The first-order valence-corrected chi connectivity index (χ1v) is 5.47. The van der Waals surface area contributed by atoms with Crippen LogP contribution in [0.15, 0.2) is 36.9 Å². The molecule has 0 saturated carbocycles. The van der Waals surface area contributed by atoms with Gasteiger partial charge in [-0.15, -0.1) is 6.58 Å². The molecule has 17 heavy (non-hydrogen) atoms. The molecule has 0 spiro atoms. The van der Waals surface area contributed by atoms with Crippen LogP contribution in [0, 0.1) is 5.92 Å². The molecule has 3 heteroatoms. The van der Waals surface area contributed by atoms with Gasteiger partial charge in [0.15, 0.2) is 0 Å². The first-order chi connectivity index (χ1) is 8.04. The SMILES string of the molecule is C=CC.COC(=O)C(C)Cc1ccc(O)cc1. The summed E-state index contributed by atoms with van der Waals surface area (Å²) in [6, 6.07) is 6.82. The average Bonchev–Trinajstić information content (AvgIpc) is 2.32. The van der Waals surface area contributed by atoms with Gasteiger partial charge in [-0.25, -0.2) is 0 Å². The summed E-state index contributed by atoms with van der Waals surface area (Å²) >= 11 is 0. The summed E-state index contributed by atoms with van der Waals surface area (Å²) in [5.41, 5.74) is 1.01. The van der Waals surface area contributed by atoms with Crippen molar-refractivity contribution in [2.24, 2.45) is 5.92 Å². The van der Waals surface area contributed by atoms with E-state index in [9.17, 15) is 4.79 Å². The van der Waals surface area contributed by atoms with Crippen LogP contribution in [-0.4, -0.2) is 18.2 Å². The summed E-state index contributed by atoms with van der Waals surface area (Å²) < 4.78 is 4.62. The van der Waals surface area contributed by atoms with Gasteiger partial charge in [0, 0.05) is 0 Å². The summed E-state index contributed by atoms with van der Waals surface area (Å²) in [6.45, 7) is 7.07. The van der Waals surface area contributed by atoms with E-state index in [2.05, 4.69) is 11.3 Å². The lowest BCUT2D eigenvalue weighted by Gasteiger charge is -2.08. The molecule has 1 aromatic rings. The largest absolute Gasteiger partial charge is 0.508 e. The Morgan fingerprint density at radius 1 is 1.47 bits per heavy atom. The number of phenolic OH excluding ortho intramolecular Hbond substituents is 1. The zero-order valence-electron chi connectivity index (χ0n) is 10.6. The number of aromatic hydroxyl groups is 1. The summed E-state index contributed by atoms with van der Waals surface area (Å²) in [5.74, 6) is -0.123. The van der Waals surface area contributed by atoms with Crippen LogP contribution in [0.4, 0.5) is 0 Å². The van der Waals surface area contributed by atoms with Gasteiger partial charge in [0.25, 0.3) is 0 Å². The molecule has 0 bridgehead atoms. The predicted octanol–water partition coefficient (Wildman–Crippen LogP) is 2.94. The first kappa shape index (κ1) is 15.2. The van der Waals surface area contributed by atoms with E-state index in [0.717, 1.165) is 5.56 Å². The molecule has 1 rings (SSSR count). The number of methoxy groups -OCH3 is 1. The normalized spacial score (nSPS) is 10.8. The second kappa shape index (κ2) is 8.39. The molecule has 0 heterocycles. The van der Waals surface area contributed by atoms with Crippen molar-refractivity contribution < 1.29 is 14.6 Å². The molecule has 0 saturated heterocycles. The van der Waals surface area contributed by atoms with Gasteiger partial charge < -0.3 is 9.84 Å². The minimum absolute atomic E-state index is 0.149. The Balaban J connectivity index is 0.000000770. The zero-order chi connectivity index (χ0) is 13.3. The third-order valence-electron chi connectivity index (χ3n) is 2.08. The van der Waals surface area contributed by atoms with Crippen LogP contribution in [0.1, 0.15) is 19.4 Å². The van der Waals surface area contributed by atoms with Crippen LogP contribution in [-0.2, 0) is 16.0 Å². The number of carbonyl (C=O) groups is 1. The van der Waals surface area contributed by atoms with Gasteiger partial charge >= 0.3 is 5.97 Å². The van der Waals surface area contributed by atoms with Gasteiger partial charge in [-0.3, -0.25) is 4.79 Å². The fourth-order valence-corrected chi connectivity index (χ4v) is 1.27. The Bertz CT molecular complexity index is 341. The van der Waals surface area contributed by atoms with Crippen molar-refractivity contribution >= 4 is 5.97 Å². The van der Waals surface area contributed by atoms with Crippen LogP contribution < -0.4 is 0 Å². The third kappa shape index (κ3) is 6.40. The lowest BCUT2D eigenvalue weighted by atomic mass is 10.0. The maximum Gasteiger partial charge on any atom is 0.308 e. The third-order valence-corrected chi connectivity index (χ3v) is 2.08. The van der Waals surface area contributed by atoms with Crippen molar-refractivity contribution in [2.45, 2.75) is 20.3 Å². The number of hydrogen-bond donors (Lipinski definition) is 1. The average molecular weight is 236 g/mol. The van der Waals surface area contributed by atoms with E-state index in [-0.39, 0.29) is 17.6 Å². The quantitative estimate of drug-likeness (QED) is 0.648. The molecule has 0 fully saturated rings. The van der Waals surface area contributed by atoms with Crippen molar-refractivity contribution in [2.75, 3.05) is 7.11 Å². The van der Waals surface area contributed by atoms with Crippen molar-refractivity contribution in [1.82, 2.24) is 0 Å². The van der Waals surface area contributed by atoms with E-state index in [4.69, 9.17) is 5.11 Å². The molecular formula is C14H20O3. The van der Waals surface area contributed by atoms with Crippen LogP contribution in [0.3, 0.4) is 0 Å². The molecule has 1 atom stereocenters. The molecule has 1 N–H and O–H groups in total. The van der Waals surface area contributed by atoms with Crippen molar-refractivity contribution in [3.63, 3.8) is 0 Å². The number of allylic oxidation sites excluding steroid dienone is 1. The first-order valence-electron chi connectivity index (χ1n) is 5.47. The number of benzene rings is 1. The van der Waals surface area contributed by atoms with E-state index in [1.165, 1.54) is 7.11 Å². The molecule has 3 nitrogen and oxygen atoms in total. The topological polar surface area (TPSA) is 46.5 Å². The van der Waals surface area contributed by atoms with Gasteiger partial charge in [-0.2, -0.15) is 0 Å². The van der Waals surface area contributed by atoms with Gasteiger partial charge in [-0.1, -0.05) is 25.1 Å². The Labute approximate surface area is 103 Å². The molecule has 1 unspecified atom stereocenters. The highest BCUT2D eigenvalue weighted by Gasteiger charge is 2.13. The molecule has 0 radical (unpaired) electrons. The van der Waals surface area contributed by atoms with E-state index in [0.29, 0.717) is 6.42 Å². The van der Waals surface area contributed by atoms with E-state index in [1.807, 2.05) is 13.8 Å². The molecule has 0 aliphatic carbocycles. The molecule has 0 amide bonds. The van der Waals surface area contributed by atoms with Crippen molar-refractivity contribution in [3.8, 4) is 5.75 Å². The maximum absolute atomic E-state index is 11.1. The van der Waals surface area contributed by atoms with Gasteiger partial charge in [0.2, 0.25) is 0 Å². The van der Waals surface area contributed by atoms with Crippen molar-refractivity contribution in [3.05, 3.63) is 42.5 Å². The molecule has 0 aliphatic heterocycles. The maximum atomic E-state index is 11.1. The second-order valence-electron chi connectivity index (χ2n) is 3.70. The summed E-state index contributed by atoms with van der Waals surface area (Å²) in [6.07, 6.45) is 2.38. The molecular weight excluding hydrogens is 216 g/mol. The minimum atomic E-state index is -0.210. The highest BCUT2D eigenvalue weighted by Crippen LogP contribution is 2.14. The van der Waals surface area contributed by atoms with Gasteiger partial charge in [0.05, 0.1) is 13.0 Å². The Morgan fingerprint density at radius 2 is 1.94 bits per heavy atom. The molecule has 0 aliphatic rings. The Hall–Kier alpha value is -1.77. The number of rotatable bonds is 3. The van der Waals surface area contributed by atoms with Crippen LogP contribution in [0.25, 0.3) is 0 Å². The Morgan fingerprint density at radius 3 is 2.35 bits per heavy atom. The molecule has 0 aromatic heterocycles. The summed E-state index contributed by atoms with van der Waals surface area (Å²) in [4.78, 5) is 11.1. The number of carbonyl (C=O) groups excluding carboxylic acids is 1. The number of esters is 1. The van der Waals surface area contributed by atoms with Crippen LogP contribution >= 0.6 is 0 Å². The molecule has 1 aromatic carbocycles. The highest BCUT2D eigenvalue weighted by molar-refractivity contribution is 5.72. The standard InChI is InChI=1S/C11H14O3.C3H6/c1-8(11(13)14-2)7-9-3-5-10(12)6-4-9;1-3-2/h3-6,8,12H,7H2,1-2H3;3H,1H2,2H3. The van der Waals surface area contributed by atoms with Crippen LogP contribution in [0.5, 0.6) is 5.75 Å².